The fourth-order valence-corrected chi connectivity index (χ4v) is 3.76. The van der Waals surface area contributed by atoms with Crippen molar-refractivity contribution in [2.45, 2.75) is 66.2 Å². The van der Waals surface area contributed by atoms with Gasteiger partial charge in [0.2, 0.25) is 11.8 Å². The van der Waals surface area contributed by atoms with Crippen LogP contribution in [0, 0.1) is 11.3 Å². The maximum absolute atomic E-state index is 13.3. The predicted molar refractivity (Wildman–Crippen MR) is 103 cm³/mol. The molecule has 25 heavy (non-hydrogen) atoms. The summed E-state index contributed by atoms with van der Waals surface area (Å²) in [6.45, 7) is 12.5. The molecule has 0 bridgehead atoms. The number of carbonyl (C=O) groups excluding carboxylic acids is 3. The van der Waals surface area contributed by atoms with E-state index in [1.807, 2.05) is 27.7 Å². The summed E-state index contributed by atoms with van der Waals surface area (Å²) < 4.78 is 0.606. The Hall–Kier alpha value is -1.17. The van der Waals surface area contributed by atoms with E-state index in [0.717, 1.165) is 25.7 Å². The zero-order chi connectivity index (χ0) is 19.2. The molecule has 1 aliphatic rings. The van der Waals surface area contributed by atoms with Gasteiger partial charge in [-0.25, -0.2) is 4.79 Å². The topological polar surface area (TPSA) is 57.7 Å². The van der Waals surface area contributed by atoms with Gasteiger partial charge in [-0.05, 0) is 23.2 Å². The molecule has 5 nitrogen and oxygen atoms in total. The molecule has 1 atom stereocenters. The third-order valence-electron chi connectivity index (χ3n) is 5.11. The number of barbiturate groups is 1. The number of hydrogen-bond donors (Lipinski definition) is 0. The number of halogens is 1. The van der Waals surface area contributed by atoms with E-state index in [0.29, 0.717) is 24.0 Å². The van der Waals surface area contributed by atoms with Crippen LogP contribution in [0.15, 0.2) is 11.1 Å². The number of rotatable bonds is 10. The highest BCUT2D eigenvalue weighted by Gasteiger charge is 2.59. The maximum Gasteiger partial charge on any atom is 0.333 e. The Labute approximate surface area is 159 Å². The lowest BCUT2D eigenvalue weighted by Crippen LogP contribution is -2.67. The number of carbonyl (C=O) groups is 3. The van der Waals surface area contributed by atoms with E-state index in [4.69, 9.17) is 0 Å². The van der Waals surface area contributed by atoms with Gasteiger partial charge >= 0.3 is 6.03 Å². The summed E-state index contributed by atoms with van der Waals surface area (Å²) >= 11 is 3.34. The minimum absolute atomic E-state index is 0.178. The molecule has 0 aliphatic carbocycles. The molecular weight excluding hydrogens is 384 g/mol. The summed E-state index contributed by atoms with van der Waals surface area (Å²) in [5.41, 5.74) is -1.25. The van der Waals surface area contributed by atoms with Crippen LogP contribution >= 0.6 is 15.9 Å². The zero-order valence-electron chi connectivity index (χ0n) is 15.9. The smallest absolute Gasteiger partial charge is 0.273 e. The first-order valence-electron chi connectivity index (χ1n) is 9.28. The van der Waals surface area contributed by atoms with E-state index in [1.165, 1.54) is 9.80 Å². The molecule has 0 aromatic rings. The van der Waals surface area contributed by atoms with Gasteiger partial charge in [0.25, 0.3) is 0 Å². The standard InChI is InChI=1S/C19H31BrN2O3/c1-6-9-11-21-16(23)19(13-15(5)20,14(4)8-3)17(24)22(18(21)25)12-10-7-2/h14H,5-13H2,1-4H3. The molecule has 6 heteroatoms. The lowest BCUT2D eigenvalue weighted by Gasteiger charge is -2.47. The van der Waals surface area contributed by atoms with Crippen molar-refractivity contribution >= 4 is 33.8 Å². The lowest BCUT2D eigenvalue weighted by molar-refractivity contribution is -0.163. The number of amides is 4. The van der Waals surface area contributed by atoms with Gasteiger partial charge in [0.15, 0.2) is 0 Å². The van der Waals surface area contributed by atoms with Crippen LogP contribution in [-0.2, 0) is 9.59 Å². The number of allylic oxidation sites excluding steroid dienone is 1. The minimum atomic E-state index is -1.25. The van der Waals surface area contributed by atoms with Crippen molar-refractivity contribution < 1.29 is 14.4 Å². The van der Waals surface area contributed by atoms with Gasteiger partial charge in [0.1, 0.15) is 5.41 Å². The SMILES string of the molecule is C=C(Br)CC1(C(C)CC)C(=O)N(CCCC)C(=O)N(CCCC)C1=O. The quantitative estimate of drug-likeness (QED) is 0.486. The van der Waals surface area contributed by atoms with Crippen LogP contribution in [0.1, 0.15) is 66.2 Å². The van der Waals surface area contributed by atoms with Crippen LogP contribution in [0.5, 0.6) is 0 Å². The summed E-state index contributed by atoms with van der Waals surface area (Å²) in [6.07, 6.45) is 4.12. The first-order valence-corrected chi connectivity index (χ1v) is 10.1. The van der Waals surface area contributed by atoms with Crippen LogP contribution < -0.4 is 0 Å². The summed E-state index contributed by atoms with van der Waals surface area (Å²) in [4.78, 5) is 42.1. The van der Waals surface area contributed by atoms with E-state index in [2.05, 4.69) is 22.5 Å². The monoisotopic (exact) mass is 414 g/mol. The van der Waals surface area contributed by atoms with E-state index in [9.17, 15) is 14.4 Å². The Kier molecular flexibility index (Phi) is 8.32. The molecule has 0 spiro atoms. The van der Waals surface area contributed by atoms with Crippen molar-refractivity contribution in [3.63, 3.8) is 0 Å². The number of urea groups is 1. The number of hydrogen-bond acceptors (Lipinski definition) is 3. The summed E-state index contributed by atoms with van der Waals surface area (Å²) in [5.74, 6) is -0.902. The van der Waals surface area contributed by atoms with Gasteiger partial charge in [-0.1, -0.05) is 69.5 Å². The van der Waals surface area contributed by atoms with Crippen LogP contribution in [0.2, 0.25) is 0 Å². The Bertz CT molecular complexity index is 503. The minimum Gasteiger partial charge on any atom is -0.273 e. The third-order valence-corrected chi connectivity index (χ3v) is 5.39. The average Bonchev–Trinajstić information content (AvgIpc) is 2.57. The van der Waals surface area contributed by atoms with Gasteiger partial charge < -0.3 is 0 Å². The van der Waals surface area contributed by atoms with Crippen LogP contribution in [0.25, 0.3) is 0 Å². The number of nitrogens with zero attached hydrogens (tertiary/aromatic N) is 2. The van der Waals surface area contributed by atoms with Crippen LogP contribution in [-0.4, -0.2) is 40.7 Å². The van der Waals surface area contributed by atoms with E-state index >= 15 is 0 Å². The molecule has 0 aromatic carbocycles. The van der Waals surface area contributed by atoms with Crippen molar-refractivity contribution in [3.05, 3.63) is 11.1 Å². The predicted octanol–water partition coefficient (Wildman–Crippen LogP) is 4.71. The Morgan fingerprint density at radius 1 is 1.04 bits per heavy atom. The van der Waals surface area contributed by atoms with Crippen molar-refractivity contribution in [1.29, 1.82) is 0 Å². The van der Waals surface area contributed by atoms with Crippen LogP contribution in [0.3, 0.4) is 0 Å². The molecule has 1 saturated heterocycles. The maximum atomic E-state index is 13.3. The van der Waals surface area contributed by atoms with Gasteiger partial charge in [0.05, 0.1) is 0 Å². The summed E-state index contributed by atoms with van der Waals surface area (Å²) in [5, 5.41) is 0. The molecule has 1 aliphatic heterocycles. The number of unbranched alkanes of at least 4 members (excludes halogenated alkanes) is 2. The lowest BCUT2D eigenvalue weighted by atomic mass is 9.69. The second-order valence-corrected chi connectivity index (χ2v) is 8.00. The highest BCUT2D eigenvalue weighted by Crippen LogP contribution is 2.44. The molecule has 0 radical (unpaired) electrons. The molecule has 4 amide bonds. The Morgan fingerprint density at radius 3 is 1.80 bits per heavy atom. The first kappa shape index (κ1) is 21.9. The highest BCUT2D eigenvalue weighted by atomic mass is 79.9. The second kappa shape index (κ2) is 9.51. The van der Waals surface area contributed by atoms with E-state index < -0.39 is 11.4 Å². The average molecular weight is 415 g/mol. The van der Waals surface area contributed by atoms with Crippen molar-refractivity contribution in [2.75, 3.05) is 13.1 Å². The summed E-state index contributed by atoms with van der Waals surface area (Å²) in [6, 6.07) is -0.462. The molecule has 1 heterocycles. The normalized spacial score (nSPS) is 18.7. The molecule has 142 valence electrons. The van der Waals surface area contributed by atoms with Crippen LogP contribution in [0.4, 0.5) is 4.79 Å². The van der Waals surface area contributed by atoms with E-state index in [-0.39, 0.29) is 24.2 Å². The summed E-state index contributed by atoms with van der Waals surface area (Å²) in [7, 11) is 0. The van der Waals surface area contributed by atoms with Crippen molar-refractivity contribution in [3.8, 4) is 0 Å². The molecule has 1 rings (SSSR count). The highest BCUT2D eigenvalue weighted by molar-refractivity contribution is 9.11. The van der Waals surface area contributed by atoms with Crippen molar-refractivity contribution in [1.82, 2.24) is 9.80 Å². The fraction of sp³-hybridized carbons (Fsp3) is 0.737. The molecule has 0 aromatic heterocycles. The Balaban J connectivity index is 3.42. The Morgan fingerprint density at radius 2 is 1.48 bits per heavy atom. The fourth-order valence-electron chi connectivity index (χ4n) is 3.32. The van der Waals surface area contributed by atoms with E-state index in [1.54, 1.807) is 0 Å². The number of imide groups is 2. The van der Waals surface area contributed by atoms with Gasteiger partial charge in [-0.15, -0.1) is 0 Å². The van der Waals surface area contributed by atoms with Crippen molar-refractivity contribution in [2.24, 2.45) is 11.3 Å². The molecule has 0 N–H and O–H groups in total. The van der Waals surface area contributed by atoms with Gasteiger partial charge in [0, 0.05) is 19.5 Å². The molecule has 1 fully saturated rings. The largest absolute Gasteiger partial charge is 0.333 e. The van der Waals surface area contributed by atoms with Gasteiger partial charge in [-0.2, -0.15) is 0 Å². The third kappa shape index (κ3) is 4.33. The van der Waals surface area contributed by atoms with Gasteiger partial charge in [-0.3, -0.25) is 19.4 Å². The zero-order valence-corrected chi connectivity index (χ0v) is 17.5. The first-order chi connectivity index (χ1) is 11.8. The second-order valence-electron chi connectivity index (χ2n) is 6.88. The molecular formula is C19H31BrN2O3. The molecule has 0 saturated carbocycles. The molecule has 1 unspecified atom stereocenters.